The van der Waals surface area contributed by atoms with Crippen LogP contribution in [0.4, 0.5) is 4.39 Å². The van der Waals surface area contributed by atoms with Gasteiger partial charge < -0.3 is 18.6 Å². The van der Waals surface area contributed by atoms with Gasteiger partial charge in [0.05, 0.1) is 10.5 Å². The first-order valence-corrected chi connectivity index (χ1v) is 13.6. The number of halogens is 1. The average Bonchev–Trinajstić information content (AvgIpc) is 3.36. The summed E-state index contributed by atoms with van der Waals surface area (Å²) in [7, 11) is -2.22. The van der Waals surface area contributed by atoms with Gasteiger partial charge in [0.25, 0.3) is 0 Å². The Morgan fingerprint density at radius 2 is 1.71 bits per heavy atom. The van der Waals surface area contributed by atoms with E-state index in [1.165, 1.54) is 24.3 Å². The number of methoxy groups -OCH3 is 1. The van der Waals surface area contributed by atoms with E-state index in [0.717, 1.165) is 5.56 Å². The lowest BCUT2D eigenvalue weighted by Gasteiger charge is -2.36. The number of sulfonamides is 1. The minimum Gasteiger partial charge on any atom is -0.484 e. The van der Waals surface area contributed by atoms with Crippen LogP contribution in [-0.2, 0) is 31.7 Å². The lowest BCUT2D eigenvalue weighted by molar-refractivity contribution is -0.0950. The van der Waals surface area contributed by atoms with Gasteiger partial charge in [0, 0.05) is 50.4 Å². The van der Waals surface area contributed by atoms with E-state index < -0.39 is 21.4 Å². The van der Waals surface area contributed by atoms with E-state index >= 15 is 0 Å². The molecule has 2 heterocycles. The first-order valence-electron chi connectivity index (χ1n) is 12.0. The lowest BCUT2D eigenvalue weighted by atomic mass is 9.86. The first kappa shape index (κ1) is 26.1. The monoisotopic (exact) mass is 538 g/mol. The Kier molecular flexibility index (Phi) is 7.31. The van der Waals surface area contributed by atoms with Gasteiger partial charge in [-0.15, -0.1) is 0 Å². The molecule has 0 spiro atoms. The predicted molar refractivity (Wildman–Crippen MR) is 138 cm³/mol. The number of primary sulfonamides is 1. The lowest BCUT2D eigenvalue weighted by Crippen LogP contribution is -2.35. The molecular weight excluding hydrogens is 511 g/mol. The number of benzene rings is 3. The quantitative estimate of drug-likeness (QED) is 0.335. The van der Waals surface area contributed by atoms with Gasteiger partial charge in [0.1, 0.15) is 17.3 Å². The Labute approximate surface area is 220 Å². The summed E-state index contributed by atoms with van der Waals surface area (Å²) in [4.78, 5) is 4.63. The molecule has 0 bridgehead atoms. The van der Waals surface area contributed by atoms with Gasteiger partial charge in [-0.1, -0.05) is 30.3 Å². The van der Waals surface area contributed by atoms with Crippen molar-refractivity contribution < 1.29 is 31.4 Å². The Morgan fingerprint density at radius 1 is 1.00 bits per heavy atom. The summed E-state index contributed by atoms with van der Waals surface area (Å²) in [6.07, 6.45) is 1.22. The molecule has 0 unspecified atom stereocenters. The van der Waals surface area contributed by atoms with Crippen molar-refractivity contribution in [2.24, 2.45) is 5.14 Å². The van der Waals surface area contributed by atoms with Crippen LogP contribution in [0.25, 0.3) is 22.6 Å². The molecule has 38 heavy (non-hydrogen) atoms. The third-order valence-electron chi connectivity index (χ3n) is 6.61. The second-order valence-electron chi connectivity index (χ2n) is 9.00. The van der Waals surface area contributed by atoms with Crippen LogP contribution in [0.15, 0.2) is 82.1 Å². The number of nitrogens with zero attached hydrogens (tertiary/aromatic N) is 1. The van der Waals surface area contributed by atoms with Crippen LogP contribution in [0.5, 0.6) is 5.75 Å². The third kappa shape index (κ3) is 5.48. The maximum absolute atomic E-state index is 14.6. The normalized spacial score (nSPS) is 15.3. The molecule has 1 aromatic heterocycles. The summed E-state index contributed by atoms with van der Waals surface area (Å²) in [6, 6.07) is 20.0. The molecule has 0 amide bonds. The summed E-state index contributed by atoms with van der Waals surface area (Å²) in [6.45, 7) is 1.00. The highest BCUT2D eigenvalue weighted by atomic mass is 32.2. The van der Waals surface area contributed by atoms with E-state index in [9.17, 15) is 12.8 Å². The van der Waals surface area contributed by atoms with Crippen molar-refractivity contribution >= 4 is 10.0 Å². The summed E-state index contributed by atoms with van der Waals surface area (Å²) in [5.41, 5.74) is 2.03. The molecule has 0 atom stereocenters. The number of aromatic nitrogens is 1. The molecule has 0 radical (unpaired) electrons. The van der Waals surface area contributed by atoms with Crippen LogP contribution in [0.1, 0.15) is 24.3 Å². The van der Waals surface area contributed by atoms with Gasteiger partial charge in [0.15, 0.2) is 12.4 Å². The number of rotatable bonds is 8. The van der Waals surface area contributed by atoms with Crippen molar-refractivity contribution in [3.8, 4) is 28.3 Å². The molecule has 10 heteroatoms. The molecule has 3 aromatic carbocycles. The molecule has 1 saturated heterocycles. The Morgan fingerprint density at radius 3 is 2.37 bits per heavy atom. The molecule has 198 valence electrons. The first-order chi connectivity index (χ1) is 18.3. The molecule has 1 aliphatic heterocycles. The Hall–Kier alpha value is -3.57. The van der Waals surface area contributed by atoms with Crippen molar-refractivity contribution in [2.45, 2.75) is 29.9 Å². The van der Waals surface area contributed by atoms with Crippen molar-refractivity contribution in [2.75, 3.05) is 20.3 Å². The van der Waals surface area contributed by atoms with Crippen LogP contribution in [0.2, 0.25) is 0 Å². The average molecular weight is 539 g/mol. The van der Waals surface area contributed by atoms with Crippen LogP contribution in [0, 0.1) is 5.82 Å². The van der Waals surface area contributed by atoms with Gasteiger partial charge in [0.2, 0.25) is 15.9 Å². The minimum atomic E-state index is -3.83. The van der Waals surface area contributed by atoms with E-state index in [2.05, 4.69) is 4.98 Å². The van der Waals surface area contributed by atoms with Gasteiger partial charge in [-0.05, 0) is 42.0 Å². The van der Waals surface area contributed by atoms with Gasteiger partial charge in [-0.3, -0.25) is 0 Å². The fourth-order valence-corrected chi connectivity index (χ4v) is 5.09. The molecule has 0 saturated carbocycles. The molecule has 8 nitrogen and oxygen atoms in total. The van der Waals surface area contributed by atoms with Crippen molar-refractivity contribution in [1.82, 2.24) is 4.98 Å². The zero-order chi connectivity index (χ0) is 26.8. The number of hydrogen-bond donors (Lipinski definition) is 1. The van der Waals surface area contributed by atoms with Crippen LogP contribution < -0.4 is 9.88 Å². The molecular formula is C28H27FN2O6S. The highest BCUT2D eigenvalue weighted by molar-refractivity contribution is 7.89. The topological polar surface area (TPSA) is 114 Å². The molecule has 0 aliphatic carbocycles. The van der Waals surface area contributed by atoms with E-state index in [1.54, 1.807) is 25.3 Å². The molecule has 1 aliphatic rings. The standard InChI is InChI=1S/C28H27FN2O6S/c1-34-28(11-13-35-14-12-28)21-15-22(29)17-23(16-21)36-18-25-31-26(19-5-3-2-4-6-19)27(37-25)20-7-9-24(10-8-20)38(30,32)33/h2-10,15-17H,11-14,18H2,1H3,(H2,30,32,33). The van der Waals surface area contributed by atoms with Crippen molar-refractivity contribution in [1.29, 1.82) is 0 Å². The highest BCUT2D eigenvalue weighted by Crippen LogP contribution is 2.38. The fourth-order valence-electron chi connectivity index (χ4n) is 4.58. The molecule has 4 aromatic rings. The maximum atomic E-state index is 14.6. The van der Waals surface area contributed by atoms with Crippen molar-refractivity contribution in [3.63, 3.8) is 0 Å². The van der Waals surface area contributed by atoms with Crippen LogP contribution >= 0.6 is 0 Å². The summed E-state index contributed by atoms with van der Waals surface area (Å²) < 4.78 is 61.2. The van der Waals surface area contributed by atoms with Crippen LogP contribution in [0.3, 0.4) is 0 Å². The van der Waals surface area contributed by atoms with Crippen molar-refractivity contribution in [3.05, 3.63) is 90.1 Å². The van der Waals surface area contributed by atoms with E-state index in [1.807, 2.05) is 30.3 Å². The van der Waals surface area contributed by atoms with Gasteiger partial charge in [-0.2, -0.15) is 0 Å². The summed E-state index contributed by atoms with van der Waals surface area (Å²) in [5, 5.41) is 5.23. The number of oxazole rings is 1. The number of nitrogens with two attached hydrogens (primary N) is 1. The zero-order valence-electron chi connectivity index (χ0n) is 20.7. The summed E-state index contributed by atoms with van der Waals surface area (Å²) in [5.74, 6) is 0.596. The summed E-state index contributed by atoms with van der Waals surface area (Å²) >= 11 is 0. The predicted octanol–water partition coefficient (Wildman–Crippen LogP) is 5.03. The Bertz CT molecular complexity index is 1510. The second-order valence-corrected chi connectivity index (χ2v) is 10.6. The van der Waals surface area contributed by atoms with Gasteiger partial charge in [-0.25, -0.2) is 22.9 Å². The maximum Gasteiger partial charge on any atom is 0.238 e. The smallest absolute Gasteiger partial charge is 0.238 e. The molecule has 2 N–H and O–H groups in total. The van der Waals surface area contributed by atoms with Gasteiger partial charge >= 0.3 is 0 Å². The SMILES string of the molecule is COC1(c2cc(F)cc(OCc3nc(-c4ccccc4)c(-c4ccc(S(N)(=O)=O)cc4)o3)c2)CCOCC1. The fraction of sp³-hybridized carbons (Fsp3) is 0.250. The van der Waals surface area contributed by atoms with Crippen LogP contribution in [-0.4, -0.2) is 33.7 Å². The minimum absolute atomic E-state index is 0.00847. The largest absolute Gasteiger partial charge is 0.484 e. The molecule has 5 rings (SSSR count). The second kappa shape index (κ2) is 10.7. The number of ether oxygens (including phenoxy) is 3. The Balaban J connectivity index is 1.44. The van der Waals surface area contributed by atoms with E-state index in [-0.39, 0.29) is 17.4 Å². The van der Waals surface area contributed by atoms with E-state index in [4.69, 9.17) is 23.8 Å². The molecule has 1 fully saturated rings. The third-order valence-corrected chi connectivity index (χ3v) is 7.54. The highest BCUT2D eigenvalue weighted by Gasteiger charge is 2.35. The van der Waals surface area contributed by atoms with E-state index in [0.29, 0.717) is 54.4 Å². The number of hydrogen-bond acceptors (Lipinski definition) is 7. The zero-order valence-corrected chi connectivity index (χ0v) is 21.5.